The third kappa shape index (κ3) is 2.20. The quantitative estimate of drug-likeness (QED) is 0.820. The van der Waals surface area contributed by atoms with Crippen LogP contribution in [0.5, 0.6) is 5.75 Å². The molecule has 2 aromatic rings. The van der Waals surface area contributed by atoms with Gasteiger partial charge in [-0.2, -0.15) is 0 Å². The highest BCUT2D eigenvalue weighted by Crippen LogP contribution is 2.22. The van der Waals surface area contributed by atoms with Gasteiger partial charge in [0.15, 0.2) is 5.76 Å². The van der Waals surface area contributed by atoms with Crippen LogP contribution in [-0.4, -0.2) is 21.2 Å². The Morgan fingerprint density at radius 2 is 2.00 bits per heavy atom. The van der Waals surface area contributed by atoms with Crippen molar-refractivity contribution in [1.82, 2.24) is 4.98 Å². The Kier molecular flexibility index (Phi) is 2.59. The molecule has 0 amide bonds. The van der Waals surface area contributed by atoms with E-state index in [4.69, 9.17) is 14.6 Å². The molecule has 0 aliphatic heterocycles. The molecule has 1 aromatic heterocycles. The van der Waals surface area contributed by atoms with E-state index in [0.717, 1.165) is 5.56 Å². The van der Waals surface area contributed by atoms with Crippen molar-refractivity contribution in [2.75, 3.05) is 0 Å². The minimum Gasteiger partial charge on any atom is -0.508 e. The lowest BCUT2D eigenvalue weighted by atomic mass is 10.2. The zero-order valence-corrected chi connectivity index (χ0v) is 8.25. The van der Waals surface area contributed by atoms with Gasteiger partial charge < -0.3 is 14.6 Å². The molecule has 0 aliphatic carbocycles. The van der Waals surface area contributed by atoms with Crippen molar-refractivity contribution in [2.45, 2.75) is 6.42 Å². The third-order valence-corrected chi connectivity index (χ3v) is 2.01. The van der Waals surface area contributed by atoms with E-state index in [9.17, 15) is 4.79 Å². The zero-order chi connectivity index (χ0) is 11.5. The summed E-state index contributed by atoms with van der Waals surface area (Å²) in [6, 6.07) is 6.38. The number of carbonyl (C=O) groups is 1. The van der Waals surface area contributed by atoms with Crippen LogP contribution in [0.2, 0.25) is 0 Å². The number of aromatic nitrogens is 1. The average molecular weight is 219 g/mol. The van der Waals surface area contributed by atoms with Crippen molar-refractivity contribution in [3.63, 3.8) is 0 Å². The van der Waals surface area contributed by atoms with Gasteiger partial charge in [0.05, 0.1) is 6.20 Å². The standard InChI is InChI=1S/C11H9NO4/c13-8-3-1-7(2-4-8)9-6-12-10(16-9)5-11(14)15/h1-4,6,13H,5H2,(H,14,15). The van der Waals surface area contributed by atoms with Crippen LogP contribution in [0.3, 0.4) is 0 Å². The summed E-state index contributed by atoms with van der Waals surface area (Å²) in [5, 5.41) is 17.7. The minimum atomic E-state index is -0.987. The first-order valence-electron chi connectivity index (χ1n) is 4.61. The number of rotatable bonds is 3. The number of phenols is 1. The van der Waals surface area contributed by atoms with E-state index in [2.05, 4.69) is 4.98 Å². The smallest absolute Gasteiger partial charge is 0.312 e. The van der Waals surface area contributed by atoms with E-state index in [0.29, 0.717) is 5.76 Å². The first kappa shape index (κ1) is 10.2. The normalized spacial score (nSPS) is 10.2. The third-order valence-electron chi connectivity index (χ3n) is 2.01. The lowest BCUT2D eigenvalue weighted by Crippen LogP contribution is -1.99. The Balaban J connectivity index is 2.24. The van der Waals surface area contributed by atoms with Crippen LogP contribution in [0.1, 0.15) is 5.89 Å². The van der Waals surface area contributed by atoms with E-state index in [1.807, 2.05) is 0 Å². The highest BCUT2D eigenvalue weighted by atomic mass is 16.4. The molecule has 0 bridgehead atoms. The number of hydrogen-bond donors (Lipinski definition) is 2. The summed E-state index contributed by atoms with van der Waals surface area (Å²) < 4.78 is 5.25. The Hall–Kier alpha value is -2.30. The monoisotopic (exact) mass is 219 g/mol. The molecule has 0 atom stereocenters. The second-order valence-corrected chi connectivity index (χ2v) is 3.24. The molecule has 0 saturated heterocycles. The van der Waals surface area contributed by atoms with Crippen LogP contribution in [0.4, 0.5) is 0 Å². The van der Waals surface area contributed by atoms with Crippen molar-refractivity contribution in [3.05, 3.63) is 36.4 Å². The molecule has 5 nitrogen and oxygen atoms in total. The van der Waals surface area contributed by atoms with E-state index in [1.54, 1.807) is 12.1 Å². The number of carboxylic acids is 1. The predicted molar refractivity (Wildman–Crippen MR) is 54.9 cm³/mol. The number of nitrogens with zero attached hydrogens (tertiary/aromatic N) is 1. The number of benzene rings is 1. The molecular formula is C11H9NO4. The maximum atomic E-state index is 10.4. The average Bonchev–Trinajstić information content (AvgIpc) is 2.66. The molecule has 0 radical (unpaired) electrons. The minimum absolute atomic E-state index is 0.161. The maximum Gasteiger partial charge on any atom is 0.312 e. The fourth-order valence-electron chi connectivity index (χ4n) is 1.28. The second kappa shape index (κ2) is 4.06. The SMILES string of the molecule is O=C(O)Cc1ncc(-c2ccc(O)cc2)o1. The van der Waals surface area contributed by atoms with Crippen molar-refractivity contribution >= 4 is 5.97 Å². The Labute approximate surface area is 91.0 Å². The van der Waals surface area contributed by atoms with Crippen LogP contribution >= 0.6 is 0 Å². The van der Waals surface area contributed by atoms with Crippen molar-refractivity contribution in [1.29, 1.82) is 0 Å². The van der Waals surface area contributed by atoms with Gasteiger partial charge in [-0.3, -0.25) is 4.79 Å². The van der Waals surface area contributed by atoms with Gasteiger partial charge >= 0.3 is 5.97 Å². The molecule has 0 aliphatic rings. The van der Waals surface area contributed by atoms with Gasteiger partial charge in [-0.15, -0.1) is 0 Å². The van der Waals surface area contributed by atoms with Gasteiger partial charge in [-0.1, -0.05) is 0 Å². The van der Waals surface area contributed by atoms with Gasteiger partial charge in [0.2, 0.25) is 5.89 Å². The Bertz CT molecular complexity index is 501. The molecule has 16 heavy (non-hydrogen) atoms. The topological polar surface area (TPSA) is 83.6 Å². The summed E-state index contributed by atoms with van der Waals surface area (Å²) in [5.41, 5.74) is 0.738. The first-order chi connectivity index (χ1) is 7.65. The molecule has 2 rings (SSSR count). The number of carboxylic acid groups (broad SMARTS) is 1. The van der Waals surface area contributed by atoms with E-state index >= 15 is 0 Å². The van der Waals surface area contributed by atoms with Crippen LogP contribution in [0, 0.1) is 0 Å². The summed E-state index contributed by atoms with van der Waals surface area (Å²) in [4.78, 5) is 14.3. The summed E-state index contributed by atoms with van der Waals surface area (Å²) in [6.07, 6.45) is 1.22. The highest BCUT2D eigenvalue weighted by Gasteiger charge is 2.09. The fourth-order valence-corrected chi connectivity index (χ4v) is 1.28. The van der Waals surface area contributed by atoms with Crippen LogP contribution < -0.4 is 0 Å². The molecule has 5 heteroatoms. The molecule has 2 N–H and O–H groups in total. The fraction of sp³-hybridized carbons (Fsp3) is 0.0909. The molecule has 0 fully saturated rings. The molecule has 1 heterocycles. The van der Waals surface area contributed by atoms with E-state index in [1.165, 1.54) is 18.3 Å². The van der Waals surface area contributed by atoms with Gasteiger partial charge in [0, 0.05) is 5.56 Å². The molecule has 0 saturated carbocycles. The number of oxazole rings is 1. The van der Waals surface area contributed by atoms with Crippen LogP contribution in [-0.2, 0) is 11.2 Å². The predicted octanol–water partition coefficient (Wildman–Crippen LogP) is 1.67. The van der Waals surface area contributed by atoms with Crippen LogP contribution in [0.25, 0.3) is 11.3 Å². The Morgan fingerprint density at radius 1 is 1.31 bits per heavy atom. The van der Waals surface area contributed by atoms with Crippen LogP contribution in [0.15, 0.2) is 34.9 Å². The number of aliphatic carboxylic acids is 1. The summed E-state index contributed by atoms with van der Waals surface area (Å²) in [5.74, 6) is -0.181. The Morgan fingerprint density at radius 3 is 2.62 bits per heavy atom. The maximum absolute atomic E-state index is 10.4. The summed E-state index contributed by atoms with van der Waals surface area (Å²) in [6.45, 7) is 0. The second-order valence-electron chi connectivity index (χ2n) is 3.24. The van der Waals surface area contributed by atoms with Gasteiger partial charge in [0.1, 0.15) is 12.2 Å². The van der Waals surface area contributed by atoms with Crippen molar-refractivity contribution in [3.8, 4) is 17.1 Å². The molecule has 0 spiro atoms. The number of hydrogen-bond acceptors (Lipinski definition) is 4. The molecular weight excluding hydrogens is 210 g/mol. The summed E-state index contributed by atoms with van der Waals surface area (Å²) in [7, 11) is 0. The lowest BCUT2D eigenvalue weighted by Gasteiger charge is -1.95. The van der Waals surface area contributed by atoms with E-state index in [-0.39, 0.29) is 18.1 Å². The first-order valence-corrected chi connectivity index (χ1v) is 4.61. The number of aromatic hydroxyl groups is 1. The van der Waals surface area contributed by atoms with Gasteiger partial charge in [-0.25, -0.2) is 4.98 Å². The van der Waals surface area contributed by atoms with Crippen molar-refractivity contribution in [2.24, 2.45) is 0 Å². The largest absolute Gasteiger partial charge is 0.508 e. The molecule has 1 aromatic carbocycles. The number of phenolic OH excluding ortho intramolecular Hbond substituents is 1. The van der Waals surface area contributed by atoms with Gasteiger partial charge in [-0.05, 0) is 24.3 Å². The highest BCUT2D eigenvalue weighted by molar-refractivity contribution is 5.69. The molecule has 82 valence electrons. The van der Waals surface area contributed by atoms with Crippen molar-refractivity contribution < 1.29 is 19.4 Å². The van der Waals surface area contributed by atoms with E-state index < -0.39 is 5.97 Å². The zero-order valence-electron chi connectivity index (χ0n) is 8.25. The lowest BCUT2D eigenvalue weighted by molar-refractivity contribution is -0.136. The summed E-state index contributed by atoms with van der Waals surface area (Å²) >= 11 is 0. The molecule has 0 unspecified atom stereocenters. The van der Waals surface area contributed by atoms with Gasteiger partial charge in [0.25, 0.3) is 0 Å².